The molecule has 0 bridgehead atoms. The Hall–Kier alpha value is -3.29. The van der Waals surface area contributed by atoms with Gasteiger partial charge in [0, 0.05) is 17.7 Å². The second-order valence-electron chi connectivity index (χ2n) is 7.77. The van der Waals surface area contributed by atoms with Crippen LogP contribution in [0.15, 0.2) is 24.3 Å². The monoisotopic (exact) mass is 466 g/mol. The Balaban J connectivity index is 1.64. The third-order valence-electron chi connectivity index (χ3n) is 5.53. The lowest BCUT2D eigenvalue weighted by molar-refractivity contribution is -0.277. The Morgan fingerprint density at radius 2 is 1.67 bits per heavy atom. The van der Waals surface area contributed by atoms with Gasteiger partial charge < -0.3 is 55.1 Å². The molecule has 0 amide bonds. The van der Waals surface area contributed by atoms with Gasteiger partial charge in [0.2, 0.25) is 12.0 Å². The average molecular weight is 466 g/mol. The summed E-state index contributed by atoms with van der Waals surface area (Å²) >= 11 is 0. The Morgan fingerprint density at radius 3 is 2.36 bits per heavy atom. The number of aliphatic hydroxyl groups excluding tert-OH is 4. The van der Waals surface area contributed by atoms with Crippen LogP contribution in [-0.4, -0.2) is 83.9 Å². The van der Waals surface area contributed by atoms with Crippen molar-refractivity contribution >= 4 is 5.78 Å². The molecular formula is C21H22O12. The maximum absolute atomic E-state index is 12.5. The SMILES string of the molecule is O=C1C[C@@H](c2cc(O)c(O)c(O[C@@H]3O[C@H](CO)[C@@H](O)[C@H](O)[C@H]3O)c2)Oc2cc(O)cc(O)c21. The third kappa shape index (κ3) is 4.10. The van der Waals surface area contributed by atoms with Crippen molar-refractivity contribution in [1.82, 2.24) is 0 Å². The minimum absolute atomic E-state index is 0.0854. The number of fused-ring (bicyclic) bond motifs is 1. The van der Waals surface area contributed by atoms with Crippen molar-refractivity contribution in [3.05, 3.63) is 35.4 Å². The number of carbonyl (C=O) groups excluding carboxylic acids is 1. The number of hydrogen-bond donors (Lipinski definition) is 8. The van der Waals surface area contributed by atoms with E-state index < -0.39 is 72.2 Å². The van der Waals surface area contributed by atoms with Crippen LogP contribution in [0.3, 0.4) is 0 Å². The van der Waals surface area contributed by atoms with Crippen molar-refractivity contribution < 1.29 is 59.9 Å². The van der Waals surface area contributed by atoms with Crippen LogP contribution in [0, 0.1) is 0 Å². The number of aromatic hydroxyl groups is 4. The number of Topliss-reactive ketones (excluding diaryl/α,β-unsaturated/α-hetero) is 1. The van der Waals surface area contributed by atoms with Crippen LogP contribution in [-0.2, 0) is 4.74 Å². The number of aliphatic hydroxyl groups is 4. The first-order chi connectivity index (χ1) is 15.6. The van der Waals surface area contributed by atoms with E-state index in [2.05, 4.69) is 0 Å². The fraction of sp³-hybridized carbons (Fsp3) is 0.381. The smallest absolute Gasteiger partial charge is 0.229 e. The van der Waals surface area contributed by atoms with E-state index in [9.17, 15) is 45.6 Å². The number of hydrogen-bond acceptors (Lipinski definition) is 12. The highest BCUT2D eigenvalue weighted by molar-refractivity contribution is 6.02. The van der Waals surface area contributed by atoms with E-state index in [1.807, 2.05) is 0 Å². The summed E-state index contributed by atoms with van der Waals surface area (Å²) in [5, 5.41) is 79.2. The maximum atomic E-state index is 12.5. The molecule has 2 aliphatic rings. The van der Waals surface area contributed by atoms with Gasteiger partial charge in [0.1, 0.15) is 53.3 Å². The van der Waals surface area contributed by atoms with Gasteiger partial charge in [-0.2, -0.15) is 0 Å². The zero-order valence-corrected chi connectivity index (χ0v) is 16.9. The highest BCUT2D eigenvalue weighted by Crippen LogP contribution is 2.45. The lowest BCUT2D eigenvalue weighted by atomic mass is 9.95. The summed E-state index contributed by atoms with van der Waals surface area (Å²) < 4.78 is 16.4. The highest BCUT2D eigenvalue weighted by Gasteiger charge is 2.45. The van der Waals surface area contributed by atoms with Gasteiger partial charge >= 0.3 is 0 Å². The minimum atomic E-state index is -1.77. The van der Waals surface area contributed by atoms with Crippen molar-refractivity contribution in [2.24, 2.45) is 0 Å². The van der Waals surface area contributed by atoms with Crippen LogP contribution in [0.4, 0.5) is 0 Å². The third-order valence-corrected chi connectivity index (χ3v) is 5.53. The zero-order chi connectivity index (χ0) is 24.0. The molecule has 2 heterocycles. The first-order valence-corrected chi connectivity index (χ1v) is 9.89. The number of carbonyl (C=O) groups is 1. The molecule has 33 heavy (non-hydrogen) atoms. The van der Waals surface area contributed by atoms with Crippen molar-refractivity contribution in [3.8, 4) is 34.5 Å². The predicted octanol–water partition coefficient (Wildman–Crippen LogP) is -0.606. The van der Waals surface area contributed by atoms with Crippen LogP contribution in [0.2, 0.25) is 0 Å². The van der Waals surface area contributed by atoms with Crippen LogP contribution < -0.4 is 9.47 Å². The summed E-state index contributed by atoms with van der Waals surface area (Å²) in [6.45, 7) is -0.695. The number of phenols is 4. The number of ether oxygens (including phenoxy) is 3. The van der Waals surface area contributed by atoms with Gasteiger partial charge in [-0.15, -0.1) is 0 Å². The topological polar surface area (TPSA) is 207 Å². The van der Waals surface area contributed by atoms with Crippen molar-refractivity contribution in [1.29, 1.82) is 0 Å². The van der Waals surface area contributed by atoms with Crippen molar-refractivity contribution in [2.75, 3.05) is 6.61 Å². The summed E-state index contributed by atoms with van der Waals surface area (Å²) in [5.74, 6) is -3.18. The minimum Gasteiger partial charge on any atom is -0.508 e. The van der Waals surface area contributed by atoms with Crippen LogP contribution in [0.5, 0.6) is 34.5 Å². The van der Waals surface area contributed by atoms with Crippen LogP contribution in [0.25, 0.3) is 0 Å². The van der Waals surface area contributed by atoms with Crippen molar-refractivity contribution in [3.63, 3.8) is 0 Å². The molecule has 0 spiro atoms. The first kappa shape index (κ1) is 22.9. The molecule has 12 nitrogen and oxygen atoms in total. The number of phenolic OH excluding ortho intramolecular Hbond substituents is 4. The molecule has 0 saturated carbocycles. The van der Waals surface area contributed by atoms with Gasteiger partial charge in [-0.05, 0) is 12.1 Å². The lowest BCUT2D eigenvalue weighted by Crippen LogP contribution is -2.60. The fourth-order valence-electron chi connectivity index (χ4n) is 3.79. The van der Waals surface area contributed by atoms with Crippen LogP contribution >= 0.6 is 0 Å². The van der Waals surface area contributed by atoms with Crippen LogP contribution in [0.1, 0.15) is 28.4 Å². The number of ketones is 1. The second kappa shape index (κ2) is 8.57. The molecule has 2 aliphatic heterocycles. The lowest BCUT2D eigenvalue weighted by Gasteiger charge is -2.39. The molecule has 6 atom stereocenters. The van der Waals surface area contributed by atoms with Gasteiger partial charge in [-0.3, -0.25) is 4.79 Å². The largest absolute Gasteiger partial charge is 0.508 e. The van der Waals surface area contributed by atoms with E-state index in [4.69, 9.17) is 14.2 Å². The summed E-state index contributed by atoms with van der Waals surface area (Å²) in [5.41, 5.74) is 0.0524. The molecule has 0 radical (unpaired) electrons. The Labute approximate surface area is 186 Å². The van der Waals surface area contributed by atoms with Gasteiger partial charge in [0.15, 0.2) is 17.3 Å². The van der Waals surface area contributed by atoms with E-state index in [1.54, 1.807) is 0 Å². The van der Waals surface area contributed by atoms with Crippen molar-refractivity contribution in [2.45, 2.75) is 43.2 Å². The molecule has 2 aromatic rings. The molecule has 12 heteroatoms. The van der Waals surface area contributed by atoms with E-state index >= 15 is 0 Å². The molecule has 1 saturated heterocycles. The molecule has 178 valence electrons. The van der Waals surface area contributed by atoms with E-state index in [1.165, 1.54) is 6.07 Å². The first-order valence-electron chi connectivity index (χ1n) is 9.89. The van der Waals surface area contributed by atoms with Gasteiger partial charge in [-0.25, -0.2) is 0 Å². The molecule has 0 aromatic heterocycles. The number of benzene rings is 2. The maximum Gasteiger partial charge on any atom is 0.229 e. The molecule has 0 unspecified atom stereocenters. The predicted molar refractivity (Wildman–Crippen MR) is 106 cm³/mol. The average Bonchev–Trinajstić information content (AvgIpc) is 2.76. The molecule has 8 N–H and O–H groups in total. The zero-order valence-electron chi connectivity index (χ0n) is 16.9. The number of rotatable bonds is 4. The van der Waals surface area contributed by atoms with E-state index in [0.29, 0.717) is 0 Å². The normalized spacial score (nSPS) is 29.3. The quantitative estimate of drug-likeness (QED) is 0.266. The summed E-state index contributed by atoms with van der Waals surface area (Å²) in [6, 6.07) is 4.45. The van der Waals surface area contributed by atoms with E-state index in [0.717, 1.165) is 18.2 Å². The molecule has 2 aromatic carbocycles. The highest BCUT2D eigenvalue weighted by atomic mass is 16.7. The summed E-state index contributed by atoms with van der Waals surface area (Å²) in [4.78, 5) is 12.5. The van der Waals surface area contributed by atoms with Gasteiger partial charge in [-0.1, -0.05) is 0 Å². The molecule has 4 rings (SSSR count). The second-order valence-corrected chi connectivity index (χ2v) is 7.77. The van der Waals surface area contributed by atoms with E-state index in [-0.39, 0.29) is 29.0 Å². The molecule has 1 fully saturated rings. The molecule has 0 aliphatic carbocycles. The Kier molecular flexibility index (Phi) is 5.95. The summed E-state index contributed by atoms with van der Waals surface area (Å²) in [6.07, 6.45) is -9.26. The summed E-state index contributed by atoms with van der Waals surface area (Å²) in [7, 11) is 0. The fourth-order valence-corrected chi connectivity index (χ4v) is 3.79. The molecular weight excluding hydrogens is 444 g/mol. The van der Waals surface area contributed by atoms with Gasteiger partial charge in [0.05, 0.1) is 13.0 Å². The Bertz CT molecular complexity index is 1070. The van der Waals surface area contributed by atoms with Gasteiger partial charge in [0.25, 0.3) is 0 Å². The Morgan fingerprint density at radius 1 is 0.939 bits per heavy atom. The standard InChI is InChI=1S/C21H22O12/c22-6-15-18(28)19(29)20(30)21(33-15)32-14-2-7(1-11(26)17(14)27)12-5-10(25)16-9(24)3-8(23)4-13(16)31-12/h1-4,12,15,18-24,26-30H,5-6H2/t12-,15+,18+,19-,20+,21+/m0/s1.